The van der Waals surface area contributed by atoms with Crippen LogP contribution in [0.5, 0.6) is 5.75 Å². The van der Waals surface area contributed by atoms with Gasteiger partial charge in [0, 0.05) is 12.1 Å². The molecule has 1 aliphatic carbocycles. The van der Waals surface area contributed by atoms with Gasteiger partial charge in [-0.25, -0.2) is 4.39 Å². The summed E-state index contributed by atoms with van der Waals surface area (Å²) in [6.07, 6.45) is 3.24. The molecule has 1 aromatic rings. The Morgan fingerprint density at radius 3 is 2.89 bits per heavy atom. The number of methoxy groups -OCH3 is 1. The van der Waals surface area contributed by atoms with Crippen LogP contribution in [0.2, 0.25) is 0 Å². The van der Waals surface area contributed by atoms with E-state index in [0.717, 1.165) is 25.3 Å². The third kappa shape index (κ3) is 2.94. The van der Waals surface area contributed by atoms with Gasteiger partial charge < -0.3 is 10.1 Å². The highest BCUT2D eigenvalue weighted by Crippen LogP contribution is 2.39. The van der Waals surface area contributed by atoms with Gasteiger partial charge in [-0.2, -0.15) is 0 Å². The van der Waals surface area contributed by atoms with Crippen LogP contribution in [0.3, 0.4) is 0 Å². The lowest BCUT2D eigenvalue weighted by atomic mass is 10.2. The molecule has 104 valence electrons. The van der Waals surface area contributed by atoms with Gasteiger partial charge in [0.25, 0.3) is 0 Å². The first-order valence-electron chi connectivity index (χ1n) is 6.35. The van der Waals surface area contributed by atoms with E-state index in [2.05, 4.69) is 12.2 Å². The Bertz CT molecular complexity index is 493. The average Bonchev–Trinajstić information content (AvgIpc) is 3.09. The molecule has 1 aliphatic rings. The number of benzene rings is 1. The Morgan fingerprint density at radius 1 is 1.58 bits per heavy atom. The van der Waals surface area contributed by atoms with Crippen molar-refractivity contribution >= 4 is 11.4 Å². The van der Waals surface area contributed by atoms with Crippen molar-refractivity contribution in [2.75, 3.05) is 12.4 Å². The van der Waals surface area contributed by atoms with E-state index in [9.17, 15) is 14.5 Å². The zero-order valence-corrected chi connectivity index (χ0v) is 11.0. The second-order valence-electron chi connectivity index (χ2n) is 4.80. The maximum absolute atomic E-state index is 13.8. The maximum atomic E-state index is 13.8. The summed E-state index contributed by atoms with van der Waals surface area (Å²) >= 11 is 0. The number of nitrogens with zero attached hydrogens (tertiary/aromatic N) is 1. The third-order valence-electron chi connectivity index (χ3n) is 3.39. The molecule has 0 aromatic heterocycles. The molecule has 2 rings (SSSR count). The lowest BCUT2D eigenvalue weighted by Crippen LogP contribution is -2.07. The van der Waals surface area contributed by atoms with Crippen LogP contribution in [0, 0.1) is 21.8 Å². The minimum absolute atomic E-state index is 0.0709. The van der Waals surface area contributed by atoms with Crippen molar-refractivity contribution in [3.8, 4) is 5.75 Å². The second-order valence-corrected chi connectivity index (χ2v) is 4.80. The first kappa shape index (κ1) is 13.6. The van der Waals surface area contributed by atoms with E-state index in [1.165, 1.54) is 13.2 Å². The van der Waals surface area contributed by atoms with Gasteiger partial charge in [0.15, 0.2) is 11.6 Å². The molecule has 0 aliphatic heterocycles. The summed E-state index contributed by atoms with van der Waals surface area (Å²) < 4.78 is 18.7. The monoisotopic (exact) mass is 268 g/mol. The number of rotatable bonds is 6. The van der Waals surface area contributed by atoms with Crippen LogP contribution in [0.1, 0.15) is 26.2 Å². The number of halogens is 1. The fraction of sp³-hybridized carbons (Fsp3) is 0.538. The van der Waals surface area contributed by atoms with E-state index >= 15 is 0 Å². The standard InChI is InChI=1S/C13H17FN2O3/c1-3-4-8-5-10(8)15-11-7-13(19-2)12(16(17)18)6-9(11)14/h6-8,10,15H,3-5H2,1-2H3. The van der Waals surface area contributed by atoms with E-state index < -0.39 is 10.7 Å². The van der Waals surface area contributed by atoms with E-state index in [1.807, 2.05) is 0 Å². The van der Waals surface area contributed by atoms with Gasteiger partial charge in [-0.05, 0) is 18.8 Å². The number of nitro groups is 1. The molecule has 1 N–H and O–H groups in total. The normalized spacial score (nSPS) is 21.0. The molecule has 0 spiro atoms. The summed E-state index contributed by atoms with van der Waals surface area (Å²) in [5.74, 6) is 0.0295. The molecule has 2 unspecified atom stereocenters. The summed E-state index contributed by atoms with van der Waals surface area (Å²) in [6.45, 7) is 2.12. The number of nitro benzene ring substituents is 1. The SMILES string of the molecule is CCCC1CC1Nc1cc(OC)c([N+](=O)[O-])cc1F. The zero-order chi connectivity index (χ0) is 14.0. The molecule has 1 saturated carbocycles. The molecule has 6 heteroatoms. The molecule has 1 fully saturated rings. The van der Waals surface area contributed by atoms with Crippen molar-refractivity contribution < 1.29 is 14.1 Å². The Morgan fingerprint density at radius 2 is 2.32 bits per heavy atom. The van der Waals surface area contributed by atoms with E-state index in [-0.39, 0.29) is 23.2 Å². The van der Waals surface area contributed by atoms with E-state index in [0.29, 0.717) is 5.92 Å². The first-order valence-corrected chi connectivity index (χ1v) is 6.35. The molecular weight excluding hydrogens is 251 g/mol. The van der Waals surface area contributed by atoms with Crippen LogP contribution in [0.15, 0.2) is 12.1 Å². The third-order valence-corrected chi connectivity index (χ3v) is 3.39. The lowest BCUT2D eigenvalue weighted by Gasteiger charge is -2.09. The van der Waals surface area contributed by atoms with Gasteiger partial charge in [0.2, 0.25) is 0 Å². The van der Waals surface area contributed by atoms with Gasteiger partial charge in [-0.3, -0.25) is 10.1 Å². The van der Waals surface area contributed by atoms with Gasteiger partial charge in [-0.1, -0.05) is 13.3 Å². The molecule has 5 nitrogen and oxygen atoms in total. The zero-order valence-electron chi connectivity index (χ0n) is 11.0. The first-order chi connectivity index (χ1) is 9.06. The molecule has 0 bridgehead atoms. The number of anilines is 1. The van der Waals surface area contributed by atoms with Gasteiger partial charge in [0.05, 0.1) is 23.8 Å². The Hall–Kier alpha value is -1.85. The Labute approximate surface area is 110 Å². The lowest BCUT2D eigenvalue weighted by molar-refractivity contribution is -0.385. The van der Waals surface area contributed by atoms with Crippen molar-refractivity contribution in [3.63, 3.8) is 0 Å². The van der Waals surface area contributed by atoms with Crippen LogP contribution < -0.4 is 10.1 Å². The number of ether oxygens (including phenoxy) is 1. The molecule has 19 heavy (non-hydrogen) atoms. The predicted octanol–water partition coefficient (Wildman–Crippen LogP) is 3.34. The molecule has 0 heterocycles. The highest BCUT2D eigenvalue weighted by Gasteiger charge is 2.36. The summed E-state index contributed by atoms with van der Waals surface area (Å²) in [4.78, 5) is 10.1. The van der Waals surface area contributed by atoms with Crippen molar-refractivity contribution in [1.82, 2.24) is 0 Å². The largest absolute Gasteiger partial charge is 0.490 e. The highest BCUT2D eigenvalue weighted by atomic mass is 19.1. The van der Waals surface area contributed by atoms with Crippen LogP contribution in [-0.4, -0.2) is 18.1 Å². The Kier molecular flexibility index (Phi) is 3.87. The van der Waals surface area contributed by atoms with Gasteiger partial charge >= 0.3 is 5.69 Å². The van der Waals surface area contributed by atoms with Crippen LogP contribution in [-0.2, 0) is 0 Å². The topological polar surface area (TPSA) is 64.4 Å². The minimum atomic E-state index is -0.650. The Balaban J connectivity index is 2.16. The quantitative estimate of drug-likeness (QED) is 0.634. The molecule has 1 aromatic carbocycles. The van der Waals surface area contributed by atoms with Gasteiger partial charge in [-0.15, -0.1) is 0 Å². The van der Waals surface area contributed by atoms with Crippen LogP contribution >= 0.6 is 0 Å². The average molecular weight is 268 g/mol. The summed E-state index contributed by atoms with van der Waals surface area (Å²) in [5, 5.41) is 13.8. The van der Waals surface area contributed by atoms with Crippen molar-refractivity contribution in [2.24, 2.45) is 5.92 Å². The number of hydrogen-bond donors (Lipinski definition) is 1. The summed E-state index contributed by atoms with van der Waals surface area (Å²) in [5.41, 5.74) is -0.0856. The summed E-state index contributed by atoms with van der Waals surface area (Å²) in [7, 11) is 1.33. The molecule has 0 radical (unpaired) electrons. The van der Waals surface area contributed by atoms with Crippen molar-refractivity contribution in [1.29, 1.82) is 0 Å². The smallest absolute Gasteiger partial charge is 0.313 e. The minimum Gasteiger partial charge on any atom is -0.490 e. The van der Waals surface area contributed by atoms with Crippen LogP contribution in [0.25, 0.3) is 0 Å². The fourth-order valence-corrected chi connectivity index (χ4v) is 2.27. The molecule has 0 saturated heterocycles. The fourth-order valence-electron chi connectivity index (χ4n) is 2.27. The molecule has 0 amide bonds. The molecule has 2 atom stereocenters. The van der Waals surface area contributed by atoms with Crippen molar-refractivity contribution in [2.45, 2.75) is 32.2 Å². The van der Waals surface area contributed by atoms with Crippen molar-refractivity contribution in [3.05, 3.63) is 28.1 Å². The maximum Gasteiger partial charge on any atom is 0.313 e. The second kappa shape index (κ2) is 5.42. The van der Waals surface area contributed by atoms with Crippen LogP contribution in [0.4, 0.5) is 15.8 Å². The van der Waals surface area contributed by atoms with E-state index in [4.69, 9.17) is 4.74 Å². The molecular formula is C13H17FN2O3. The summed E-state index contributed by atoms with van der Waals surface area (Å²) in [6, 6.07) is 2.52. The highest BCUT2D eigenvalue weighted by molar-refractivity contribution is 5.59. The number of hydrogen-bond acceptors (Lipinski definition) is 4. The number of nitrogens with one attached hydrogen (secondary N) is 1. The van der Waals surface area contributed by atoms with Gasteiger partial charge in [0.1, 0.15) is 0 Å². The van der Waals surface area contributed by atoms with E-state index in [1.54, 1.807) is 0 Å². The predicted molar refractivity (Wildman–Crippen MR) is 70.0 cm³/mol.